The van der Waals surface area contributed by atoms with Gasteiger partial charge in [0, 0.05) is 24.5 Å². The molecule has 0 saturated heterocycles. The van der Waals surface area contributed by atoms with Crippen LogP contribution < -0.4 is 5.32 Å². The third-order valence-electron chi connectivity index (χ3n) is 2.65. The first-order valence-corrected chi connectivity index (χ1v) is 6.84. The van der Waals surface area contributed by atoms with Crippen LogP contribution in [0.1, 0.15) is 26.0 Å². The maximum Gasteiger partial charge on any atom is 0.180 e. The van der Waals surface area contributed by atoms with Crippen LogP contribution in [0.25, 0.3) is 11.5 Å². The normalized spacial score (nSPS) is 10.5. The SMILES string of the molecule is CCCNc1cc(CC)nc(-c2ccc(Cl)cn2)n1. The minimum Gasteiger partial charge on any atom is -0.370 e. The van der Waals surface area contributed by atoms with Gasteiger partial charge in [-0.3, -0.25) is 4.98 Å². The lowest BCUT2D eigenvalue weighted by atomic mass is 10.2. The van der Waals surface area contributed by atoms with E-state index in [0.717, 1.165) is 36.6 Å². The average molecular weight is 277 g/mol. The summed E-state index contributed by atoms with van der Waals surface area (Å²) in [4.78, 5) is 13.3. The van der Waals surface area contributed by atoms with Crippen molar-refractivity contribution in [2.45, 2.75) is 26.7 Å². The van der Waals surface area contributed by atoms with Crippen molar-refractivity contribution in [2.75, 3.05) is 11.9 Å². The second kappa shape index (κ2) is 6.48. The standard InChI is InChI=1S/C14H17ClN4/c1-3-7-16-13-8-11(4-2)18-14(19-13)12-6-5-10(15)9-17-12/h5-6,8-9H,3-4,7H2,1-2H3,(H,16,18,19). The van der Waals surface area contributed by atoms with Crippen LogP contribution in [0.3, 0.4) is 0 Å². The Bertz CT molecular complexity index is 540. The van der Waals surface area contributed by atoms with Gasteiger partial charge in [-0.05, 0) is 25.0 Å². The average Bonchev–Trinajstić information content (AvgIpc) is 2.45. The Hall–Kier alpha value is -1.68. The molecule has 1 N–H and O–H groups in total. The highest BCUT2D eigenvalue weighted by Crippen LogP contribution is 2.18. The van der Waals surface area contributed by atoms with E-state index in [0.29, 0.717) is 10.8 Å². The van der Waals surface area contributed by atoms with Crippen molar-refractivity contribution in [1.82, 2.24) is 15.0 Å². The van der Waals surface area contributed by atoms with Gasteiger partial charge in [-0.25, -0.2) is 9.97 Å². The van der Waals surface area contributed by atoms with Crippen LogP contribution in [-0.4, -0.2) is 21.5 Å². The Morgan fingerprint density at radius 3 is 2.68 bits per heavy atom. The van der Waals surface area contributed by atoms with Crippen molar-refractivity contribution < 1.29 is 0 Å². The first-order chi connectivity index (χ1) is 9.22. The number of aromatic nitrogens is 3. The monoisotopic (exact) mass is 276 g/mol. The van der Waals surface area contributed by atoms with Gasteiger partial charge in [-0.1, -0.05) is 25.4 Å². The Labute approximate surface area is 118 Å². The molecule has 0 saturated carbocycles. The Morgan fingerprint density at radius 1 is 1.21 bits per heavy atom. The number of hydrogen-bond donors (Lipinski definition) is 1. The summed E-state index contributed by atoms with van der Waals surface area (Å²) >= 11 is 5.84. The summed E-state index contributed by atoms with van der Waals surface area (Å²) in [6.45, 7) is 5.09. The summed E-state index contributed by atoms with van der Waals surface area (Å²) in [6, 6.07) is 5.61. The highest BCUT2D eigenvalue weighted by Gasteiger charge is 2.07. The third kappa shape index (κ3) is 3.64. The third-order valence-corrected chi connectivity index (χ3v) is 2.88. The van der Waals surface area contributed by atoms with E-state index in [1.54, 1.807) is 12.3 Å². The van der Waals surface area contributed by atoms with Gasteiger partial charge >= 0.3 is 0 Å². The maximum absolute atomic E-state index is 5.84. The van der Waals surface area contributed by atoms with Crippen LogP contribution >= 0.6 is 11.6 Å². The molecule has 2 rings (SSSR count). The molecule has 19 heavy (non-hydrogen) atoms. The van der Waals surface area contributed by atoms with E-state index in [9.17, 15) is 0 Å². The molecule has 4 nitrogen and oxygen atoms in total. The molecule has 2 aromatic heterocycles. The van der Waals surface area contributed by atoms with Crippen molar-refractivity contribution in [3.8, 4) is 11.5 Å². The van der Waals surface area contributed by atoms with Crippen molar-refractivity contribution in [3.05, 3.63) is 35.1 Å². The van der Waals surface area contributed by atoms with E-state index in [2.05, 4.69) is 34.1 Å². The summed E-state index contributed by atoms with van der Waals surface area (Å²) in [5, 5.41) is 3.90. The number of pyridine rings is 1. The number of rotatable bonds is 5. The lowest BCUT2D eigenvalue weighted by Gasteiger charge is -2.08. The number of halogens is 1. The molecular formula is C14H17ClN4. The van der Waals surface area contributed by atoms with E-state index < -0.39 is 0 Å². The molecule has 0 aliphatic carbocycles. The van der Waals surface area contributed by atoms with E-state index in [4.69, 9.17) is 11.6 Å². The second-order valence-electron chi connectivity index (χ2n) is 4.21. The molecule has 0 radical (unpaired) electrons. The molecule has 2 aromatic rings. The summed E-state index contributed by atoms with van der Waals surface area (Å²) in [5.41, 5.74) is 1.74. The quantitative estimate of drug-likeness (QED) is 0.907. The van der Waals surface area contributed by atoms with Gasteiger partial charge in [0.15, 0.2) is 5.82 Å². The van der Waals surface area contributed by atoms with Gasteiger partial charge in [0.25, 0.3) is 0 Å². The zero-order valence-electron chi connectivity index (χ0n) is 11.2. The first kappa shape index (κ1) is 13.7. The molecule has 100 valence electrons. The van der Waals surface area contributed by atoms with Gasteiger partial charge < -0.3 is 5.32 Å². The van der Waals surface area contributed by atoms with Crippen LogP contribution in [0, 0.1) is 0 Å². The minimum atomic E-state index is 0.611. The Kier molecular flexibility index (Phi) is 4.68. The van der Waals surface area contributed by atoms with Crippen molar-refractivity contribution in [3.63, 3.8) is 0 Å². The molecule has 2 heterocycles. The minimum absolute atomic E-state index is 0.611. The predicted molar refractivity (Wildman–Crippen MR) is 78.4 cm³/mol. The van der Waals surface area contributed by atoms with Gasteiger partial charge in [-0.2, -0.15) is 0 Å². The predicted octanol–water partition coefficient (Wildman–Crippen LogP) is 3.58. The molecule has 0 fully saturated rings. The van der Waals surface area contributed by atoms with Gasteiger partial charge in [-0.15, -0.1) is 0 Å². The van der Waals surface area contributed by atoms with E-state index in [-0.39, 0.29) is 0 Å². The fourth-order valence-electron chi connectivity index (χ4n) is 1.64. The van der Waals surface area contributed by atoms with Crippen LogP contribution in [0.4, 0.5) is 5.82 Å². The molecule has 5 heteroatoms. The number of anilines is 1. The molecule has 0 spiro atoms. The van der Waals surface area contributed by atoms with Crippen LogP contribution in [0.2, 0.25) is 5.02 Å². The van der Waals surface area contributed by atoms with Crippen molar-refractivity contribution in [2.24, 2.45) is 0 Å². The second-order valence-corrected chi connectivity index (χ2v) is 4.65. The summed E-state index contributed by atoms with van der Waals surface area (Å²) in [5.74, 6) is 1.48. The molecule has 0 aliphatic heterocycles. The lowest BCUT2D eigenvalue weighted by molar-refractivity contribution is 0.949. The molecule has 0 amide bonds. The largest absolute Gasteiger partial charge is 0.370 e. The van der Waals surface area contributed by atoms with E-state index in [1.807, 2.05) is 12.1 Å². The molecule has 0 unspecified atom stereocenters. The Morgan fingerprint density at radius 2 is 2.05 bits per heavy atom. The fraction of sp³-hybridized carbons (Fsp3) is 0.357. The van der Waals surface area contributed by atoms with E-state index >= 15 is 0 Å². The zero-order valence-corrected chi connectivity index (χ0v) is 11.9. The maximum atomic E-state index is 5.84. The molecular weight excluding hydrogens is 260 g/mol. The highest BCUT2D eigenvalue weighted by molar-refractivity contribution is 6.30. The number of hydrogen-bond acceptors (Lipinski definition) is 4. The molecule has 0 atom stereocenters. The topological polar surface area (TPSA) is 50.7 Å². The zero-order chi connectivity index (χ0) is 13.7. The van der Waals surface area contributed by atoms with Crippen LogP contribution in [0.5, 0.6) is 0 Å². The Balaban J connectivity index is 2.35. The number of aryl methyl sites for hydroxylation is 1. The van der Waals surface area contributed by atoms with Crippen molar-refractivity contribution in [1.29, 1.82) is 0 Å². The number of nitrogens with one attached hydrogen (secondary N) is 1. The highest BCUT2D eigenvalue weighted by atomic mass is 35.5. The molecule has 0 aliphatic rings. The van der Waals surface area contributed by atoms with Gasteiger partial charge in [0.2, 0.25) is 0 Å². The summed E-state index contributed by atoms with van der Waals surface area (Å²) in [6.07, 6.45) is 3.53. The lowest BCUT2D eigenvalue weighted by Crippen LogP contribution is -2.05. The first-order valence-electron chi connectivity index (χ1n) is 6.46. The number of nitrogens with zero attached hydrogens (tertiary/aromatic N) is 3. The summed E-state index contributed by atoms with van der Waals surface area (Å²) in [7, 11) is 0. The molecule has 0 bridgehead atoms. The van der Waals surface area contributed by atoms with Crippen LogP contribution in [-0.2, 0) is 6.42 Å². The fourth-order valence-corrected chi connectivity index (χ4v) is 1.76. The van der Waals surface area contributed by atoms with Gasteiger partial charge in [0.05, 0.1) is 5.02 Å². The van der Waals surface area contributed by atoms with Crippen LogP contribution in [0.15, 0.2) is 24.4 Å². The van der Waals surface area contributed by atoms with Crippen molar-refractivity contribution >= 4 is 17.4 Å². The van der Waals surface area contributed by atoms with Gasteiger partial charge in [0.1, 0.15) is 11.5 Å². The summed E-state index contributed by atoms with van der Waals surface area (Å²) < 4.78 is 0. The smallest absolute Gasteiger partial charge is 0.180 e. The van der Waals surface area contributed by atoms with E-state index in [1.165, 1.54) is 0 Å². The molecule has 0 aromatic carbocycles.